The molecule has 4 heteroatoms. The van der Waals surface area contributed by atoms with Crippen molar-refractivity contribution in [1.29, 1.82) is 0 Å². The number of ether oxygens (including phenoxy) is 1. The van der Waals surface area contributed by atoms with E-state index in [4.69, 9.17) is 4.74 Å². The van der Waals surface area contributed by atoms with Crippen molar-refractivity contribution >= 4 is 18.2 Å². The Bertz CT molecular complexity index is 489. The Morgan fingerprint density at radius 2 is 2.16 bits per heavy atom. The number of nitrogens with zero attached hydrogens (tertiary/aromatic N) is 1. The van der Waals surface area contributed by atoms with Crippen LogP contribution in [0.15, 0.2) is 18.2 Å². The van der Waals surface area contributed by atoms with Gasteiger partial charge in [-0.05, 0) is 37.6 Å². The molecule has 1 aromatic carbocycles. The van der Waals surface area contributed by atoms with Gasteiger partial charge in [0.2, 0.25) is 0 Å². The largest absolute Gasteiger partial charge is 0.496 e. The minimum absolute atomic E-state index is 0. The molecule has 0 bridgehead atoms. The molecule has 0 radical (unpaired) electrons. The molecule has 1 aliphatic heterocycles. The van der Waals surface area contributed by atoms with Gasteiger partial charge in [-0.1, -0.05) is 12.1 Å². The fourth-order valence-electron chi connectivity index (χ4n) is 3.43. The monoisotopic (exact) mass is 281 g/mol. The fraction of sp³-hybridized carbons (Fsp3) is 0.533. The van der Waals surface area contributed by atoms with Crippen LogP contribution in [0, 0.1) is 5.92 Å². The molecule has 0 N–H and O–H groups in total. The second kappa shape index (κ2) is 5.51. The number of carbonyl (C=O) groups excluding carboxylic acids is 1. The molecule has 0 saturated carbocycles. The van der Waals surface area contributed by atoms with Crippen molar-refractivity contribution in [2.75, 3.05) is 27.2 Å². The average Bonchev–Trinajstić information content (AvgIpc) is 2.39. The van der Waals surface area contributed by atoms with Crippen LogP contribution in [-0.4, -0.2) is 37.9 Å². The van der Waals surface area contributed by atoms with Gasteiger partial charge < -0.3 is 9.64 Å². The van der Waals surface area contributed by atoms with Crippen LogP contribution in [0.5, 0.6) is 5.75 Å². The molecule has 0 aromatic heterocycles. The summed E-state index contributed by atoms with van der Waals surface area (Å²) in [6, 6.07) is 6.00. The maximum absolute atomic E-state index is 12.3. The Labute approximate surface area is 120 Å². The van der Waals surface area contributed by atoms with Gasteiger partial charge in [0.15, 0.2) is 5.78 Å². The number of fused-ring (bicyclic) bond motifs is 3. The average molecular weight is 282 g/mol. The number of carbonyl (C=O) groups is 1. The predicted octanol–water partition coefficient (Wildman–Crippen LogP) is 2.74. The second-order valence-corrected chi connectivity index (χ2v) is 5.47. The molecule has 1 saturated heterocycles. The highest BCUT2D eigenvalue weighted by molar-refractivity contribution is 6.01. The number of piperidine rings is 1. The molecule has 3 rings (SSSR count). The lowest BCUT2D eigenvalue weighted by Gasteiger charge is -2.40. The van der Waals surface area contributed by atoms with Crippen LogP contribution >= 0.6 is 12.4 Å². The van der Waals surface area contributed by atoms with E-state index in [9.17, 15) is 4.79 Å². The maximum atomic E-state index is 12.3. The van der Waals surface area contributed by atoms with E-state index in [-0.39, 0.29) is 18.2 Å². The summed E-state index contributed by atoms with van der Waals surface area (Å²) in [4.78, 5) is 14.7. The highest BCUT2D eigenvalue weighted by atomic mass is 35.5. The van der Waals surface area contributed by atoms with Crippen LogP contribution in [0.1, 0.15) is 34.7 Å². The number of halogens is 1. The van der Waals surface area contributed by atoms with Gasteiger partial charge in [0, 0.05) is 18.9 Å². The maximum Gasteiger partial charge on any atom is 0.167 e. The molecule has 1 fully saturated rings. The van der Waals surface area contributed by atoms with Gasteiger partial charge in [-0.15, -0.1) is 12.4 Å². The SMILES string of the molecule is COc1cccc2c1C(=O)CC1CCN(C)CC21.Cl. The predicted molar refractivity (Wildman–Crippen MR) is 77.5 cm³/mol. The molecule has 1 aromatic rings. The molecule has 2 unspecified atom stereocenters. The number of likely N-dealkylation sites (N-methyl/N-ethyl adjacent to an activating group) is 1. The lowest BCUT2D eigenvalue weighted by atomic mass is 9.71. The minimum atomic E-state index is 0. The Balaban J connectivity index is 0.00000133. The van der Waals surface area contributed by atoms with Crippen LogP contribution in [0.25, 0.3) is 0 Å². The molecule has 2 atom stereocenters. The molecule has 104 valence electrons. The van der Waals surface area contributed by atoms with Crippen molar-refractivity contribution in [3.63, 3.8) is 0 Å². The number of hydrogen-bond donors (Lipinski definition) is 0. The third kappa shape index (κ3) is 2.37. The molecule has 0 spiro atoms. The van der Waals surface area contributed by atoms with Gasteiger partial charge in [0.25, 0.3) is 0 Å². The normalized spacial score (nSPS) is 26.1. The summed E-state index contributed by atoms with van der Waals surface area (Å²) in [6.07, 6.45) is 1.81. The lowest BCUT2D eigenvalue weighted by Crippen LogP contribution is -2.40. The molecule has 3 nitrogen and oxygen atoms in total. The second-order valence-electron chi connectivity index (χ2n) is 5.47. The standard InChI is InChI=1S/C15H19NO2.ClH/c1-16-7-6-10-8-13(17)15-11(12(10)9-16)4-3-5-14(15)18-2;/h3-5,10,12H,6-9H2,1-2H3;1H. The van der Waals surface area contributed by atoms with Crippen LogP contribution < -0.4 is 4.74 Å². The number of rotatable bonds is 1. The Hall–Kier alpha value is -1.06. The minimum Gasteiger partial charge on any atom is -0.496 e. The zero-order chi connectivity index (χ0) is 12.7. The molecule has 1 aliphatic carbocycles. The van der Waals surface area contributed by atoms with Gasteiger partial charge in [-0.25, -0.2) is 0 Å². The number of likely N-dealkylation sites (tertiary alicyclic amines) is 1. The summed E-state index contributed by atoms with van der Waals surface area (Å²) in [5, 5.41) is 0. The number of hydrogen-bond acceptors (Lipinski definition) is 3. The van der Waals surface area contributed by atoms with E-state index in [1.165, 1.54) is 5.56 Å². The fourth-order valence-corrected chi connectivity index (χ4v) is 3.43. The lowest BCUT2D eigenvalue weighted by molar-refractivity contribution is 0.0883. The molecule has 19 heavy (non-hydrogen) atoms. The van der Waals surface area contributed by atoms with E-state index < -0.39 is 0 Å². The van der Waals surface area contributed by atoms with Crippen molar-refractivity contribution in [2.24, 2.45) is 5.92 Å². The smallest absolute Gasteiger partial charge is 0.167 e. The van der Waals surface area contributed by atoms with Crippen LogP contribution in [-0.2, 0) is 0 Å². The third-order valence-corrected chi connectivity index (χ3v) is 4.36. The molecule has 2 aliphatic rings. The summed E-state index contributed by atoms with van der Waals surface area (Å²) >= 11 is 0. The van der Waals surface area contributed by atoms with E-state index in [1.807, 2.05) is 12.1 Å². The Morgan fingerprint density at radius 1 is 1.37 bits per heavy atom. The van der Waals surface area contributed by atoms with Gasteiger partial charge in [-0.3, -0.25) is 4.79 Å². The van der Waals surface area contributed by atoms with Gasteiger partial charge >= 0.3 is 0 Å². The van der Waals surface area contributed by atoms with Crippen LogP contribution in [0.4, 0.5) is 0 Å². The van der Waals surface area contributed by atoms with Crippen molar-refractivity contribution in [1.82, 2.24) is 4.90 Å². The van der Waals surface area contributed by atoms with Gasteiger partial charge in [-0.2, -0.15) is 0 Å². The van der Waals surface area contributed by atoms with E-state index in [0.717, 1.165) is 30.8 Å². The summed E-state index contributed by atoms with van der Waals surface area (Å²) < 4.78 is 5.36. The van der Waals surface area contributed by atoms with E-state index in [0.29, 0.717) is 18.3 Å². The summed E-state index contributed by atoms with van der Waals surface area (Å²) in [5.74, 6) is 2.01. The topological polar surface area (TPSA) is 29.5 Å². The van der Waals surface area contributed by atoms with E-state index >= 15 is 0 Å². The van der Waals surface area contributed by atoms with Crippen molar-refractivity contribution in [3.8, 4) is 5.75 Å². The molecule has 1 heterocycles. The summed E-state index contributed by atoms with van der Waals surface area (Å²) in [7, 11) is 3.80. The first-order valence-electron chi connectivity index (χ1n) is 6.59. The Morgan fingerprint density at radius 3 is 2.89 bits per heavy atom. The first-order valence-corrected chi connectivity index (χ1v) is 6.59. The highest BCUT2D eigenvalue weighted by Crippen LogP contribution is 2.43. The number of methoxy groups -OCH3 is 1. The zero-order valence-electron chi connectivity index (χ0n) is 11.4. The zero-order valence-corrected chi connectivity index (χ0v) is 12.2. The van der Waals surface area contributed by atoms with Gasteiger partial charge in [0.1, 0.15) is 5.75 Å². The van der Waals surface area contributed by atoms with Gasteiger partial charge in [0.05, 0.1) is 12.7 Å². The van der Waals surface area contributed by atoms with E-state index in [2.05, 4.69) is 18.0 Å². The van der Waals surface area contributed by atoms with Crippen LogP contribution in [0.2, 0.25) is 0 Å². The quantitative estimate of drug-likeness (QED) is 0.793. The molecule has 0 amide bonds. The number of ketones is 1. The highest BCUT2D eigenvalue weighted by Gasteiger charge is 2.38. The molecular weight excluding hydrogens is 262 g/mol. The Kier molecular flexibility index (Phi) is 4.16. The number of benzene rings is 1. The first-order chi connectivity index (χ1) is 8.70. The number of Topliss-reactive ketones (excluding diaryl/α,β-unsaturated/α-hetero) is 1. The van der Waals surface area contributed by atoms with Crippen molar-refractivity contribution < 1.29 is 9.53 Å². The summed E-state index contributed by atoms with van der Waals surface area (Å²) in [6.45, 7) is 2.16. The first kappa shape index (κ1) is 14.4. The van der Waals surface area contributed by atoms with Crippen molar-refractivity contribution in [2.45, 2.75) is 18.8 Å². The summed E-state index contributed by atoms with van der Waals surface area (Å²) in [5.41, 5.74) is 2.03. The van der Waals surface area contributed by atoms with E-state index in [1.54, 1.807) is 7.11 Å². The molecular formula is C15H20ClNO2. The van der Waals surface area contributed by atoms with Crippen LogP contribution in [0.3, 0.4) is 0 Å². The van der Waals surface area contributed by atoms with Crippen molar-refractivity contribution in [3.05, 3.63) is 29.3 Å². The third-order valence-electron chi connectivity index (χ3n) is 4.36.